The fraction of sp³-hybridized carbons (Fsp3) is 0.529. The Bertz CT molecular complexity index is 376. The monoisotopic (exact) mass is 293 g/mol. The van der Waals surface area contributed by atoms with Crippen LogP contribution in [0.1, 0.15) is 32.3 Å². The second-order valence-electron chi connectivity index (χ2n) is 4.94. The Kier molecular flexibility index (Phi) is 7.78. The Morgan fingerprint density at radius 2 is 1.90 bits per heavy atom. The van der Waals surface area contributed by atoms with Gasteiger partial charge in [-0.1, -0.05) is 38.6 Å². The van der Waals surface area contributed by atoms with Crippen LogP contribution < -0.4 is 10.1 Å². The second-order valence-corrected chi connectivity index (χ2v) is 6.22. The molecule has 0 saturated heterocycles. The zero-order valence-corrected chi connectivity index (χ0v) is 13.8. The van der Waals surface area contributed by atoms with E-state index in [1.807, 2.05) is 23.9 Å². The molecule has 1 rings (SSSR count). The van der Waals surface area contributed by atoms with Crippen molar-refractivity contribution in [2.24, 2.45) is 0 Å². The number of thioether (sulfide) groups is 1. The highest BCUT2D eigenvalue weighted by Gasteiger charge is 2.23. The average Bonchev–Trinajstić information content (AvgIpc) is 2.51. The summed E-state index contributed by atoms with van der Waals surface area (Å²) in [4.78, 5) is 0. The minimum Gasteiger partial charge on any atom is -0.490 e. The topological polar surface area (TPSA) is 21.3 Å². The number of ether oxygens (including phenoxy) is 1. The Balaban J connectivity index is 2.43. The number of hydrogen-bond donors (Lipinski definition) is 1. The molecule has 1 N–H and O–H groups in total. The zero-order chi connectivity index (χ0) is 14.8. The molecule has 0 unspecified atom stereocenters. The molecule has 0 radical (unpaired) electrons. The molecule has 0 heterocycles. The maximum atomic E-state index is 5.48. The lowest BCUT2D eigenvalue weighted by Gasteiger charge is -2.30. The molecule has 0 bridgehead atoms. The van der Waals surface area contributed by atoms with E-state index < -0.39 is 0 Å². The van der Waals surface area contributed by atoms with Crippen LogP contribution in [0, 0.1) is 0 Å². The molecule has 20 heavy (non-hydrogen) atoms. The standard InChI is InChI=1S/C17H27NOS/c1-5-12-19-16-10-8-15(9-11-16)13-18-14-17(6-2,7-3)20-4/h5,8-11,18H,1,6-7,12-14H2,2-4H3. The van der Waals surface area contributed by atoms with Gasteiger partial charge in [0.15, 0.2) is 0 Å². The molecule has 0 saturated carbocycles. The van der Waals surface area contributed by atoms with Crippen LogP contribution in [0.15, 0.2) is 36.9 Å². The fourth-order valence-corrected chi connectivity index (χ4v) is 2.98. The third kappa shape index (κ3) is 5.22. The lowest BCUT2D eigenvalue weighted by molar-refractivity contribution is 0.363. The van der Waals surface area contributed by atoms with Crippen LogP contribution in [0.25, 0.3) is 0 Å². The normalized spacial score (nSPS) is 11.3. The Hall–Kier alpha value is -0.930. The molecule has 2 nitrogen and oxygen atoms in total. The van der Waals surface area contributed by atoms with Crippen molar-refractivity contribution in [2.45, 2.75) is 38.0 Å². The predicted octanol–water partition coefficient (Wildman–Crippen LogP) is 4.26. The summed E-state index contributed by atoms with van der Waals surface area (Å²) in [6.45, 7) is 10.7. The molecule has 112 valence electrons. The SMILES string of the molecule is C=CCOc1ccc(CNCC(CC)(CC)SC)cc1. The smallest absolute Gasteiger partial charge is 0.119 e. The summed E-state index contributed by atoms with van der Waals surface area (Å²) >= 11 is 1.97. The second kappa shape index (κ2) is 9.09. The summed E-state index contributed by atoms with van der Waals surface area (Å²) in [5.41, 5.74) is 1.29. The van der Waals surface area contributed by atoms with Crippen LogP contribution in [0.3, 0.4) is 0 Å². The summed E-state index contributed by atoms with van der Waals surface area (Å²) < 4.78 is 5.85. The lowest BCUT2D eigenvalue weighted by atomic mass is 10.0. The first-order chi connectivity index (χ1) is 9.69. The van der Waals surface area contributed by atoms with Crippen LogP contribution >= 0.6 is 11.8 Å². The lowest BCUT2D eigenvalue weighted by Crippen LogP contribution is -2.36. The molecule has 1 aromatic carbocycles. The number of nitrogens with one attached hydrogen (secondary N) is 1. The predicted molar refractivity (Wildman–Crippen MR) is 90.7 cm³/mol. The van der Waals surface area contributed by atoms with Crippen LogP contribution in [0.5, 0.6) is 5.75 Å². The largest absolute Gasteiger partial charge is 0.490 e. The zero-order valence-electron chi connectivity index (χ0n) is 12.9. The first kappa shape index (κ1) is 17.1. The molecule has 1 aromatic rings. The summed E-state index contributed by atoms with van der Waals surface area (Å²) in [5.74, 6) is 0.897. The van der Waals surface area contributed by atoms with E-state index in [1.54, 1.807) is 6.08 Å². The van der Waals surface area contributed by atoms with Crippen molar-refractivity contribution in [2.75, 3.05) is 19.4 Å². The van der Waals surface area contributed by atoms with Crippen molar-refractivity contribution < 1.29 is 4.74 Å². The molecule has 0 aliphatic heterocycles. The first-order valence-corrected chi connectivity index (χ1v) is 8.50. The number of benzene rings is 1. The highest BCUT2D eigenvalue weighted by atomic mass is 32.2. The highest BCUT2D eigenvalue weighted by molar-refractivity contribution is 8.00. The van der Waals surface area contributed by atoms with Gasteiger partial charge in [0, 0.05) is 17.8 Å². The van der Waals surface area contributed by atoms with E-state index in [1.165, 1.54) is 18.4 Å². The van der Waals surface area contributed by atoms with Crippen molar-refractivity contribution in [3.8, 4) is 5.75 Å². The van der Waals surface area contributed by atoms with Gasteiger partial charge in [0.25, 0.3) is 0 Å². The van der Waals surface area contributed by atoms with Crippen LogP contribution in [0.2, 0.25) is 0 Å². The quantitative estimate of drug-likeness (QED) is 0.651. The minimum absolute atomic E-state index is 0.368. The van der Waals surface area contributed by atoms with E-state index in [-0.39, 0.29) is 0 Å². The molecular weight excluding hydrogens is 266 g/mol. The van der Waals surface area contributed by atoms with Gasteiger partial charge in [0.05, 0.1) is 0 Å². The van der Waals surface area contributed by atoms with Crippen LogP contribution in [0.4, 0.5) is 0 Å². The van der Waals surface area contributed by atoms with Gasteiger partial charge in [0.1, 0.15) is 12.4 Å². The molecule has 0 amide bonds. The summed E-state index contributed by atoms with van der Waals surface area (Å²) in [6.07, 6.45) is 6.37. The average molecular weight is 293 g/mol. The van der Waals surface area contributed by atoms with Crippen molar-refractivity contribution in [3.05, 3.63) is 42.5 Å². The molecule has 0 fully saturated rings. The number of hydrogen-bond acceptors (Lipinski definition) is 3. The van der Waals surface area contributed by atoms with Gasteiger partial charge in [-0.3, -0.25) is 0 Å². The Morgan fingerprint density at radius 3 is 2.40 bits per heavy atom. The van der Waals surface area contributed by atoms with E-state index in [2.05, 4.69) is 44.1 Å². The van der Waals surface area contributed by atoms with E-state index in [4.69, 9.17) is 4.74 Å². The van der Waals surface area contributed by atoms with E-state index in [9.17, 15) is 0 Å². The van der Waals surface area contributed by atoms with Crippen molar-refractivity contribution in [3.63, 3.8) is 0 Å². The Morgan fingerprint density at radius 1 is 1.25 bits per heavy atom. The minimum atomic E-state index is 0.368. The molecule has 3 heteroatoms. The maximum Gasteiger partial charge on any atom is 0.119 e. The maximum absolute atomic E-state index is 5.48. The van der Waals surface area contributed by atoms with Gasteiger partial charge in [-0.25, -0.2) is 0 Å². The van der Waals surface area contributed by atoms with Gasteiger partial charge < -0.3 is 10.1 Å². The van der Waals surface area contributed by atoms with E-state index in [0.717, 1.165) is 18.8 Å². The van der Waals surface area contributed by atoms with Crippen LogP contribution in [-0.2, 0) is 6.54 Å². The van der Waals surface area contributed by atoms with Gasteiger partial charge in [-0.05, 0) is 36.8 Å². The number of rotatable bonds is 10. The van der Waals surface area contributed by atoms with Crippen molar-refractivity contribution in [1.29, 1.82) is 0 Å². The van der Waals surface area contributed by atoms with Gasteiger partial charge >= 0.3 is 0 Å². The summed E-state index contributed by atoms with van der Waals surface area (Å²) in [5, 5.41) is 3.58. The van der Waals surface area contributed by atoms with Crippen LogP contribution in [-0.4, -0.2) is 24.2 Å². The van der Waals surface area contributed by atoms with Gasteiger partial charge in [-0.2, -0.15) is 11.8 Å². The Labute approximate surface area is 128 Å². The first-order valence-electron chi connectivity index (χ1n) is 7.28. The highest BCUT2D eigenvalue weighted by Crippen LogP contribution is 2.29. The molecule has 0 atom stereocenters. The molecule has 0 spiro atoms. The molecular formula is C17H27NOS. The molecule has 0 aliphatic rings. The third-order valence-electron chi connectivity index (χ3n) is 3.79. The van der Waals surface area contributed by atoms with Crippen molar-refractivity contribution in [1.82, 2.24) is 5.32 Å². The van der Waals surface area contributed by atoms with E-state index in [0.29, 0.717) is 11.4 Å². The summed E-state index contributed by atoms with van der Waals surface area (Å²) in [7, 11) is 0. The third-order valence-corrected chi connectivity index (χ3v) is 5.38. The van der Waals surface area contributed by atoms with E-state index >= 15 is 0 Å². The summed E-state index contributed by atoms with van der Waals surface area (Å²) in [6, 6.07) is 8.26. The van der Waals surface area contributed by atoms with Gasteiger partial charge in [-0.15, -0.1) is 0 Å². The fourth-order valence-electron chi connectivity index (χ4n) is 2.15. The van der Waals surface area contributed by atoms with Crippen molar-refractivity contribution >= 4 is 11.8 Å². The molecule has 0 aliphatic carbocycles. The van der Waals surface area contributed by atoms with Gasteiger partial charge in [0.2, 0.25) is 0 Å². The molecule has 0 aromatic heterocycles.